The summed E-state index contributed by atoms with van der Waals surface area (Å²) in [6.45, 7) is 5.99. The van der Waals surface area contributed by atoms with Crippen LogP contribution in [0, 0.1) is 5.92 Å². The van der Waals surface area contributed by atoms with E-state index in [0.29, 0.717) is 5.92 Å². The molecule has 0 radical (unpaired) electrons. The van der Waals surface area contributed by atoms with Gasteiger partial charge in [-0.25, -0.2) is 4.98 Å². The molecule has 0 saturated heterocycles. The Labute approximate surface area is 180 Å². The van der Waals surface area contributed by atoms with Gasteiger partial charge in [0.15, 0.2) is 0 Å². The number of rotatable bonds is 7. The molecule has 4 aromatic rings. The van der Waals surface area contributed by atoms with E-state index in [-0.39, 0.29) is 0 Å². The van der Waals surface area contributed by atoms with Crippen molar-refractivity contribution in [2.45, 2.75) is 26.9 Å². The van der Waals surface area contributed by atoms with Crippen LogP contribution in [0.15, 0.2) is 67.0 Å². The van der Waals surface area contributed by atoms with Crippen molar-refractivity contribution in [2.24, 2.45) is 5.92 Å². The van der Waals surface area contributed by atoms with E-state index in [1.807, 2.05) is 42.7 Å². The Morgan fingerprint density at radius 3 is 2.66 bits per heavy atom. The first kappa shape index (κ1) is 19.7. The first-order valence-corrected chi connectivity index (χ1v) is 10.9. The maximum Gasteiger partial charge on any atom is 0.126 e. The summed E-state index contributed by atoms with van der Waals surface area (Å²) in [4.78, 5) is 5.61. The number of hydrogen-bond acceptors (Lipinski definition) is 4. The maximum absolute atomic E-state index is 6.23. The predicted octanol–water partition coefficient (Wildman–Crippen LogP) is 6.60. The van der Waals surface area contributed by atoms with Gasteiger partial charge in [-0.1, -0.05) is 55.8 Å². The van der Waals surface area contributed by atoms with Crippen LogP contribution in [-0.4, -0.2) is 14.8 Å². The number of benzene rings is 1. The fourth-order valence-corrected chi connectivity index (χ4v) is 4.37. The van der Waals surface area contributed by atoms with Crippen molar-refractivity contribution in [1.29, 1.82) is 0 Å². The minimum Gasteiger partial charge on any atom is -0.366 e. The topological polar surface area (TPSA) is 42.7 Å². The molecule has 148 valence electrons. The summed E-state index contributed by atoms with van der Waals surface area (Å²) in [5.41, 5.74) is 4.51. The van der Waals surface area contributed by atoms with Gasteiger partial charge in [-0.05, 0) is 41.3 Å². The van der Waals surface area contributed by atoms with E-state index in [1.54, 1.807) is 11.3 Å². The van der Waals surface area contributed by atoms with Crippen LogP contribution in [0.25, 0.3) is 21.7 Å². The lowest BCUT2D eigenvalue weighted by Crippen LogP contribution is -2.07. The van der Waals surface area contributed by atoms with Crippen molar-refractivity contribution < 1.29 is 0 Å². The molecule has 4 rings (SSSR count). The zero-order valence-electron chi connectivity index (χ0n) is 16.5. The molecule has 0 fully saturated rings. The van der Waals surface area contributed by atoms with E-state index in [0.717, 1.165) is 44.9 Å². The summed E-state index contributed by atoms with van der Waals surface area (Å²) in [5, 5.41) is 8.10. The normalized spacial score (nSPS) is 11.2. The number of nitrogens with zero attached hydrogens (tertiary/aromatic N) is 3. The Hall–Kier alpha value is -2.63. The van der Waals surface area contributed by atoms with E-state index in [9.17, 15) is 0 Å². The van der Waals surface area contributed by atoms with Gasteiger partial charge >= 0.3 is 0 Å². The van der Waals surface area contributed by atoms with Gasteiger partial charge in [-0.2, -0.15) is 5.10 Å². The average Bonchev–Trinajstić information content (AvgIpc) is 3.33. The molecule has 3 heterocycles. The number of nitrogens with one attached hydrogen (secondary N) is 1. The molecule has 0 aliphatic heterocycles. The summed E-state index contributed by atoms with van der Waals surface area (Å²) < 4.78 is 2.86. The summed E-state index contributed by atoms with van der Waals surface area (Å²) >= 11 is 7.81. The van der Waals surface area contributed by atoms with Crippen molar-refractivity contribution in [3.63, 3.8) is 0 Å². The van der Waals surface area contributed by atoms with Gasteiger partial charge in [0.1, 0.15) is 5.82 Å². The summed E-state index contributed by atoms with van der Waals surface area (Å²) in [6.07, 6.45) is 3.79. The number of hydrogen-bond donors (Lipinski definition) is 1. The van der Waals surface area contributed by atoms with Gasteiger partial charge < -0.3 is 5.32 Å². The summed E-state index contributed by atoms with van der Waals surface area (Å²) in [7, 11) is 0. The molecule has 0 amide bonds. The Bertz CT molecular complexity index is 1090. The highest BCUT2D eigenvalue weighted by Gasteiger charge is 2.17. The highest BCUT2D eigenvalue weighted by molar-refractivity contribution is 7.19. The Morgan fingerprint density at radius 2 is 1.93 bits per heavy atom. The van der Waals surface area contributed by atoms with Gasteiger partial charge in [-0.15, -0.1) is 11.3 Å². The maximum atomic E-state index is 6.23. The van der Waals surface area contributed by atoms with Crippen molar-refractivity contribution >= 4 is 28.8 Å². The second kappa shape index (κ2) is 8.80. The lowest BCUT2D eigenvalue weighted by atomic mass is 10.1. The monoisotopic (exact) mass is 422 g/mol. The second-order valence-corrected chi connectivity index (χ2v) is 9.07. The molecule has 1 N–H and O–H groups in total. The molecular weight excluding hydrogens is 400 g/mol. The number of aromatic nitrogens is 3. The van der Waals surface area contributed by atoms with Crippen LogP contribution in [0.1, 0.15) is 19.4 Å². The standard InChI is InChI=1S/C23H23ClN4S/c1-16(2)15-28-23(20-8-9-21(24)29-20)19(14-27-28)18-10-11-25-22(12-18)26-13-17-6-4-3-5-7-17/h3-12,14,16H,13,15H2,1-2H3,(H,25,26). The molecule has 1 aromatic carbocycles. The fourth-order valence-electron chi connectivity index (χ4n) is 3.27. The van der Waals surface area contributed by atoms with Crippen LogP contribution in [0.4, 0.5) is 5.82 Å². The van der Waals surface area contributed by atoms with Crippen LogP contribution >= 0.6 is 22.9 Å². The number of anilines is 1. The van der Waals surface area contributed by atoms with Crippen LogP contribution < -0.4 is 5.32 Å². The Balaban J connectivity index is 1.66. The van der Waals surface area contributed by atoms with Gasteiger partial charge in [0.2, 0.25) is 0 Å². The molecule has 0 saturated carbocycles. The third-order valence-electron chi connectivity index (χ3n) is 4.57. The smallest absolute Gasteiger partial charge is 0.126 e. The second-order valence-electron chi connectivity index (χ2n) is 7.36. The number of halogens is 1. The first-order valence-electron chi connectivity index (χ1n) is 9.66. The van der Waals surface area contributed by atoms with E-state index < -0.39 is 0 Å². The molecule has 4 nitrogen and oxygen atoms in total. The molecule has 0 bridgehead atoms. The summed E-state index contributed by atoms with van der Waals surface area (Å²) in [6, 6.07) is 18.4. The van der Waals surface area contributed by atoms with Crippen molar-refractivity contribution in [3.05, 3.63) is 76.9 Å². The van der Waals surface area contributed by atoms with Gasteiger partial charge in [0.05, 0.1) is 21.1 Å². The Kier molecular flexibility index (Phi) is 5.97. The van der Waals surface area contributed by atoms with E-state index in [4.69, 9.17) is 11.6 Å². The highest BCUT2D eigenvalue weighted by Crippen LogP contribution is 2.38. The van der Waals surface area contributed by atoms with Gasteiger partial charge in [0.25, 0.3) is 0 Å². The highest BCUT2D eigenvalue weighted by atomic mass is 35.5. The molecule has 6 heteroatoms. The molecule has 0 unspecified atom stereocenters. The molecule has 3 aromatic heterocycles. The molecule has 29 heavy (non-hydrogen) atoms. The van der Waals surface area contributed by atoms with E-state index >= 15 is 0 Å². The molecular formula is C23H23ClN4S. The van der Waals surface area contributed by atoms with Crippen LogP contribution in [0.5, 0.6) is 0 Å². The molecule has 0 atom stereocenters. The first-order chi connectivity index (χ1) is 14.1. The van der Waals surface area contributed by atoms with Crippen molar-refractivity contribution in [2.75, 3.05) is 5.32 Å². The Morgan fingerprint density at radius 1 is 1.10 bits per heavy atom. The quantitative estimate of drug-likeness (QED) is 0.365. The largest absolute Gasteiger partial charge is 0.366 e. The average molecular weight is 423 g/mol. The minimum atomic E-state index is 0.498. The predicted molar refractivity (Wildman–Crippen MR) is 122 cm³/mol. The van der Waals surface area contributed by atoms with Gasteiger partial charge in [0, 0.05) is 24.8 Å². The number of pyridine rings is 1. The van der Waals surface area contributed by atoms with E-state index in [2.05, 4.69) is 58.2 Å². The fraction of sp³-hybridized carbons (Fsp3) is 0.217. The van der Waals surface area contributed by atoms with Crippen LogP contribution in [0.3, 0.4) is 0 Å². The van der Waals surface area contributed by atoms with E-state index in [1.165, 1.54) is 5.56 Å². The van der Waals surface area contributed by atoms with Crippen LogP contribution in [-0.2, 0) is 13.1 Å². The molecule has 0 aliphatic rings. The lowest BCUT2D eigenvalue weighted by molar-refractivity contribution is 0.487. The van der Waals surface area contributed by atoms with Crippen molar-refractivity contribution in [1.82, 2.24) is 14.8 Å². The zero-order valence-corrected chi connectivity index (χ0v) is 18.0. The zero-order chi connectivity index (χ0) is 20.2. The van der Waals surface area contributed by atoms with Crippen molar-refractivity contribution in [3.8, 4) is 21.7 Å². The third kappa shape index (κ3) is 4.69. The third-order valence-corrected chi connectivity index (χ3v) is 5.81. The molecule has 0 spiro atoms. The lowest BCUT2D eigenvalue weighted by Gasteiger charge is -2.11. The summed E-state index contributed by atoms with van der Waals surface area (Å²) in [5.74, 6) is 1.34. The SMILES string of the molecule is CC(C)Cn1ncc(-c2ccnc(NCc3ccccc3)c2)c1-c1ccc(Cl)s1. The minimum absolute atomic E-state index is 0.498. The molecule has 0 aliphatic carbocycles. The van der Waals surface area contributed by atoms with Crippen LogP contribution in [0.2, 0.25) is 4.34 Å². The van der Waals surface area contributed by atoms with Gasteiger partial charge in [-0.3, -0.25) is 4.68 Å². The number of thiophene rings is 1.